The lowest BCUT2D eigenvalue weighted by molar-refractivity contribution is -0.143. The summed E-state index contributed by atoms with van der Waals surface area (Å²) in [5, 5.41) is 20.2. The van der Waals surface area contributed by atoms with E-state index in [2.05, 4.69) is 47.2 Å². The fourth-order valence-electron chi connectivity index (χ4n) is 3.51. The average molecular weight is 615 g/mol. The lowest BCUT2D eigenvalue weighted by Gasteiger charge is -2.21. The molecule has 0 bridgehead atoms. The van der Waals surface area contributed by atoms with Crippen molar-refractivity contribution < 1.29 is 37.4 Å². The Balaban J connectivity index is 1.66. The van der Waals surface area contributed by atoms with Crippen LogP contribution in [0.1, 0.15) is 40.9 Å². The summed E-state index contributed by atoms with van der Waals surface area (Å²) in [5.74, 6) is -1.71. The molecule has 1 aliphatic rings. The second-order valence-electron chi connectivity index (χ2n) is 8.39. The van der Waals surface area contributed by atoms with Gasteiger partial charge in [0.05, 0.1) is 61.3 Å². The number of pyridine rings is 1. The number of amides is 2. The molecule has 0 spiro atoms. The predicted molar refractivity (Wildman–Crippen MR) is 138 cm³/mol. The van der Waals surface area contributed by atoms with Crippen LogP contribution in [0.5, 0.6) is 0 Å². The van der Waals surface area contributed by atoms with Crippen LogP contribution in [0.3, 0.4) is 0 Å². The number of nitrogens with one attached hydrogen (secondary N) is 4. The summed E-state index contributed by atoms with van der Waals surface area (Å²) in [6, 6.07) is 3.39. The van der Waals surface area contributed by atoms with Crippen molar-refractivity contribution in [1.29, 1.82) is 0 Å². The minimum Gasteiger partial charge on any atom is -0.466 e. The molecule has 2 heterocycles. The van der Waals surface area contributed by atoms with E-state index in [1.807, 2.05) is 0 Å². The van der Waals surface area contributed by atoms with E-state index < -0.39 is 54.6 Å². The van der Waals surface area contributed by atoms with Crippen LogP contribution in [-0.4, -0.2) is 66.2 Å². The number of nitrogens with zero attached hydrogens (tertiary/aromatic N) is 2. The summed E-state index contributed by atoms with van der Waals surface area (Å²) >= 11 is 3.03. The summed E-state index contributed by atoms with van der Waals surface area (Å²) in [5.41, 5.74) is -0.387. The van der Waals surface area contributed by atoms with Crippen LogP contribution in [0.2, 0.25) is 0 Å². The fourth-order valence-corrected chi connectivity index (χ4v) is 4.02. The fraction of sp³-hybridized carbons (Fsp3) is 0.375. The molecule has 11 nitrogen and oxygen atoms in total. The van der Waals surface area contributed by atoms with Crippen molar-refractivity contribution in [1.82, 2.24) is 20.9 Å². The number of aromatic nitrogens is 1. The zero-order valence-electron chi connectivity index (χ0n) is 20.6. The summed E-state index contributed by atoms with van der Waals surface area (Å²) < 4.78 is 45.0. The van der Waals surface area contributed by atoms with E-state index in [0.29, 0.717) is 18.2 Å². The first kappa shape index (κ1) is 29.8. The molecule has 1 aliphatic heterocycles. The lowest BCUT2D eigenvalue weighted by atomic mass is 10.0. The van der Waals surface area contributed by atoms with Gasteiger partial charge in [0.25, 0.3) is 5.91 Å². The van der Waals surface area contributed by atoms with Crippen LogP contribution in [0, 0.1) is 0 Å². The van der Waals surface area contributed by atoms with Crippen LogP contribution < -0.4 is 21.3 Å². The third-order valence-corrected chi connectivity index (χ3v) is 5.76. The molecule has 0 fully saturated rings. The number of anilines is 1. The molecule has 0 radical (unpaired) electrons. The molecule has 1 aromatic heterocycles. The Labute approximate surface area is 229 Å². The molecule has 3 rings (SSSR count). The Morgan fingerprint density at radius 3 is 2.67 bits per heavy atom. The monoisotopic (exact) mass is 614 g/mol. The number of rotatable bonds is 9. The minimum absolute atomic E-state index is 0.0270. The molecule has 15 heteroatoms. The van der Waals surface area contributed by atoms with E-state index in [1.54, 1.807) is 6.92 Å². The number of aliphatic hydroxyl groups excluding tert-OH is 1. The van der Waals surface area contributed by atoms with E-state index in [1.165, 1.54) is 24.5 Å². The van der Waals surface area contributed by atoms with E-state index in [9.17, 15) is 32.7 Å². The first-order valence-corrected chi connectivity index (χ1v) is 12.5. The Morgan fingerprint density at radius 1 is 1.23 bits per heavy atom. The molecule has 39 heavy (non-hydrogen) atoms. The van der Waals surface area contributed by atoms with Gasteiger partial charge in [0.1, 0.15) is 0 Å². The van der Waals surface area contributed by atoms with Crippen molar-refractivity contribution in [2.75, 3.05) is 31.6 Å². The van der Waals surface area contributed by atoms with Crippen molar-refractivity contribution in [2.45, 2.75) is 31.7 Å². The number of hydrogen-bond donors (Lipinski definition) is 5. The van der Waals surface area contributed by atoms with Gasteiger partial charge in [-0.15, -0.1) is 0 Å². The first-order chi connectivity index (χ1) is 18.4. The van der Waals surface area contributed by atoms with Gasteiger partial charge >= 0.3 is 12.1 Å². The molecule has 0 saturated heterocycles. The van der Waals surface area contributed by atoms with Gasteiger partial charge in [-0.05, 0) is 36.8 Å². The molecular formula is C24H26BrF3N6O5. The maximum Gasteiger partial charge on any atom is 0.416 e. The number of aliphatic hydroxyl groups is 1. The maximum absolute atomic E-state index is 13.3. The van der Waals surface area contributed by atoms with Crippen LogP contribution in [-0.2, 0) is 20.5 Å². The maximum atomic E-state index is 13.3. The highest BCUT2D eigenvalue weighted by Gasteiger charge is 2.32. The summed E-state index contributed by atoms with van der Waals surface area (Å²) in [7, 11) is 0. The van der Waals surface area contributed by atoms with Crippen molar-refractivity contribution in [3.63, 3.8) is 0 Å². The van der Waals surface area contributed by atoms with Gasteiger partial charge in [0.15, 0.2) is 5.96 Å². The van der Waals surface area contributed by atoms with Crippen molar-refractivity contribution in [3.05, 3.63) is 57.8 Å². The van der Waals surface area contributed by atoms with Gasteiger partial charge < -0.3 is 31.1 Å². The predicted octanol–water partition coefficient (Wildman–Crippen LogP) is 2.14. The number of hydrogen-bond acceptors (Lipinski definition) is 9. The summed E-state index contributed by atoms with van der Waals surface area (Å²) in [6.45, 7) is 1.62. The highest BCUT2D eigenvalue weighted by Crippen LogP contribution is 2.34. The standard InChI is InChI=1S/C24H26BrF3N6O5/c1-2-39-21(37)7-19(13-3-15(24(26,27)28)6-16(25)4-13)34-20(36)12-30-22(38)14-5-17(9-29-8-14)33-23-31-10-18(35)11-32-23/h3-6,8-9,18-19,35H,2,7,10-12H2,1H3,(H,30,38)(H,34,36)(H2,31,32,33). The van der Waals surface area contributed by atoms with Gasteiger partial charge in [-0.3, -0.25) is 24.4 Å². The van der Waals surface area contributed by atoms with Crippen molar-refractivity contribution in [3.8, 4) is 0 Å². The first-order valence-electron chi connectivity index (χ1n) is 11.7. The molecular weight excluding hydrogens is 589 g/mol. The van der Waals surface area contributed by atoms with Gasteiger partial charge in [-0.25, -0.2) is 0 Å². The number of carbonyl (C=O) groups excluding carboxylic acids is 3. The van der Waals surface area contributed by atoms with E-state index in [0.717, 1.165) is 12.1 Å². The van der Waals surface area contributed by atoms with Crippen LogP contribution in [0.4, 0.5) is 18.9 Å². The van der Waals surface area contributed by atoms with Gasteiger partial charge in [0.2, 0.25) is 5.91 Å². The Bertz CT molecular complexity index is 1240. The quantitative estimate of drug-likeness (QED) is 0.269. The van der Waals surface area contributed by atoms with Crippen molar-refractivity contribution >= 4 is 45.4 Å². The summed E-state index contributed by atoms with van der Waals surface area (Å²) in [4.78, 5) is 45.5. The number of β-amino-alcohol motifs (C(OH)–C–C–N with tert-alkyl or cyclic N) is 1. The number of alkyl halides is 3. The Kier molecular flexibility index (Phi) is 10.2. The average Bonchev–Trinajstić information content (AvgIpc) is 2.87. The van der Waals surface area contributed by atoms with Gasteiger partial charge in [-0.2, -0.15) is 13.2 Å². The largest absolute Gasteiger partial charge is 0.466 e. The van der Waals surface area contributed by atoms with E-state index in [4.69, 9.17) is 4.74 Å². The minimum atomic E-state index is -4.65. The number of carbonyl (C=O) groups is 3. The molecule has 5 N–H and O–H groups in total. The zero-order valence-corrected chi connectivity index (χ0v) is 22.2. The van der Waals surface area contributed by atoms with Crippen LogP contribution in [0.15, 0.2) is 46.1 Å². The molecule has 2 atom stereocenters. The van der Waals surface area contributed by atoms with E-state index >= 15 is 0 Å². The molecule has 2 aromatic rings. The lowest BCUT2D eigenvalue weighted by Crippen LogP contribution is -2.42. The molecule has 2 amide bonds. The second-order valence-corrected chi connectivity index (χ2v) is 9.31. The molecule has 2 unspecified atom stereocenters. The highest BCUT2D eigenvalue weighted by atomic mass is 79.9. The number of halogens is 4. The zero-order chi connectivity index (χ0) is 28.6. The molecule has 0 saturated carbocycles. The number of esters is 1. The smallest absolute Gasteiger partial charge is 0.416 e. The van der Waals surface area contributed by atoms with Crippen molar-refractivity contribution in [2.24, 2.45) is 4.99 Å². The molecule has 1 aromatic carbocycles. The number of benzene rings is 1. The second kappa shape index (κ2) is 13.4. The highest BCUT2D eigenvalue weighted by molar-refractivity contribution is 9.10. The van der Waals surface area contributed by atoms with E-state index in [-0.39, 0.29) is 28.8 Å². The van der Waals surface area contributed by atoms with Crippen LogP contribution >= 0.6 is 15.9 Å². The third-order valence-electron chi connectivity index (χ3n) is 5.30. The Hall–Kier alpha value is -3.72. The third kappa shape index (κ3) is 9.21. The van der Waals surface area contributed by atoms with Gasteiger partial charge in [-0.1, -0.05) is 15.9 Å². The molecule has 210 valence electrons. The normalized spacial score (nSPS) is 15.8. The number of guanidine groups is 1. The Morgan fingerprint density at radius 2 is 2.00 bits per heavy atom. The summed E-state index contributed by atoms with van der Waals surface area (Å²) in [6.07, 6.45) is -2.94. The topological polar surface area (TPSA) is 154 Å². The number of ether oxygens (including phenoxy) is 1. The molecule has 0 aliphatic carbocycles. The van der Waals surface area contributed by atoms with Crippen LogP contribution in [0.25, 0.3) is 0 Å². The SMILES string of the molecule is CCOC(=O)CC(NC(=O)CNC(=O)c1cncc(NC2=NCC(O)CN2)c1)c1cc(Br)cc(C(F)(F)F)c1. The number of aliphatic imine (C=N–C) groups is 1. The van der Waals surface area contributed by atoms with Gasteiger partial charge in [0, 0.05) is 17.2 Å².